The predicted molar refractivity (Wildman–Crippen MR) is 96.6 cm³/mol. The van der Waals surface area contributed by atoms with Crippen molar-refractivity contribution in [1.82, 2.24) is 10.2 Å². The number of rotatable bonds is 2. The van der Waals surface area contributed by atoms with E-state index in [2.05, 4.69) is 49.0 Å². The molecule has 5 heteroatoms. The molecule has 0 saturated carbocycles. The number of fused-ring (bicyclic) bond motifs is 1. The molecule has 0 aliphatic carbocycles. The maximum absolute atomic E-state index is 9.69. The van der Waals surface area contributed by atoms with Gasteiger partial charge >= 0.3 is 0 Å². The number of nitrogens with zero attached hydrogens (tertiary/aromatic N) is 3. The number of likely N-dealkylation sites (tertiary alicyclic amines) is 1. The molecule has 1 aromatic heterocycles. The van der Waals surface area contributed by atoms with Crippen LogP contribution in [0.1, 0.15) is 63.0 Å². The molecule has 3 rings (SSSR count). The van der Waals surface area contributed by atoms with Crippen molar-refractivity contribution in [2.24, 2.45) is 4.99 Å². The van der Waals surface area contributed by atoms with Crippen molar-refractivity contribution in [1.29, 1.82) is 5.26 Å². The van der Waals surface area contributed by atoms with Gasteiger partial charge in [0.2, 0.25) is 0 Å². The van der Waals surface area contributed by atoms with Crippen LogP contribution in [0.5, 0.6) is 0 Å². The monoisotopic (exact) mass is 330 g/mol. The van der Waals surface area contributed by atoms with Gasteiger partial charge in [0.05, 0.1) is 11.9 Å². The van der Waals surface area contributed by atoms with Crippen molar-refractivity contribution in [3.8, 4) is 6.07 Å². The summed E-state index contributed by atoms with van der Waals surface area (Å²) in [6.45, 7) is 11.0. The highest BCUT2D eigenvalue weighted by Gasteiger charge is 2.40. The molecule has 1 aromatic rings. The lowest BCUT2D eigenvalue weighted by Crippen LogP contribution is -2.54. The van der Waals surface area contributed by atoms with Gasteiger partial charge in [0.1, 0.15) is 11.1 Å². The molecule has 1 saturated heterocycles. The molecule has 0 aromatic carbocycles. The average molecular weight is 331 g/mol. The highest BCUT2D eigenvalue weighted by Crippen LogP contribution is 2.45. The molecular weight excluding hydrogens is 304 g/mol. The second kappa shape index (κ2) is 5.92. The minimum absolute atomic E-state index is 0.00295. The lowest BCUT2D eigenvalue weighted by atomic mass is 9.81. The van der Waals surface area contributed by atoms with E-state index in [1.165, 1.54) is 29.7 Å². The van der Waals surface area contributed by atoms with Crippen LogP contribution < -0.4 is 5.32 Å². The second-order valence-corrected chi connectivity index (χ2v) is 8.85. The summed E-state index contributed by atoms with van der Waals surface area (Å²) in [5, 5.41) is 14.3. The topological polar surface area (TPSA) is 51.4 Å². The van der Waals surface area contributed by atoms with Gasteiger partial charge in [-0.2, -0.15) is 5.26 Å². The Morgan fingerprint density at radius 3 is 2.57 bits per heavy atom. The third kappa shape index (κ3) is 3.29. The van der Waals surface area contributed by atoms with Crippen molar-refractivity contribution < 1.29 is 0 Å². The predicted octanol–water partition coefficient (Wildman–Crippen LogP) is 3.92. The smallest absolute Gasteiger partial charge is 0.136 e. The molecule has 0 radical (unpaired) electrons. The Bertz CT molecular complexity index is 657. The fourth-order valence-corrected chi connectivity index (χ4v) is 5.06. The molecule has 0 bridgehead atoms. The van der Waals surface area contributed by atoms with Crippen molar-refractivity contribution in [2.75, 3.05) is 13.1 Å². The number of nitriles is 1. The fraction of sp³-hybridized carbons (Fsp3) is 0.667. The Kier molecular flexibility index (Phi) is 4.24. The van der Waals surface area contributed by atoms with Gasteiger partial charge in [0, 0.05) is 29.0 Å². The van der Waals surface area contributed by atoms with Crippen LogP contribution in [0.3, 0.4) is 0 Å². The second-order valence-electron chi connectivity index (χ2n) is 7.85. The van der Waals surface area contributed by atoms with Crippen LogP contribution in [0.2, 0.25) is 0 Å². The number of hydrogen-bond acceptors (Lipinski definition) is 4. The van der Waals surface area contributed by atoms with E-state index in [0.717, 1.165) is 30.1 Å². The van der Waals surface area contributed by atoms with E-state index in [0.29, 0.717) is 0 Å². The quantitative estimate of drug-likeness (QED) is 0.660. The largest absolute Gasteiger partial charge is 0.363 e. The maximum atomic E-state index is 9.69. The standard InChI is InChI=1S/C18H26N4S/c1-17(2)10-13-14(11-19)16(23-15(13)18(3,4)21-17)20-12-22-8-6-5-7-9-22/h12,21H,5-10H2,1-4H3. The first-order valence-electron chi connectivity index (χ1n) is 8.46. The number of hydrogen-bond donors (Lipinski definition) is 1. The van der Waals surface area contributed by atoms with E-state index in [9.17, 15) is 5.26 Å². The molecule has 124 valence electrons. The first kappa shape index (κ1) is 16.5. The minimum Gasteiger partial charge on any atom is -0.363 e. The summed E-state index contributed by atoms with van der Waals surface area (Å²) in [5.41, 5.74) is 1.85. The van der Waals surface area contributed by atoms with Crippen molar-refractivity contribution in [3.05, 3.63) is 16.0 Å². The van der Waals surface area contributed by atoms with Crippen LogP contribution in [0.15, 0.2) is 4.99 Å². The van der Waals surface area contributed by atoms with Crippen LogP contribution in [0.25, 0.3) is 0 Å². The van der Waals surface area contributed by atoms with E-state index < -0.39 is 0 Å². The van der Waals surface area contributed by atoms with Crippen molar-refractivity contribution >= 4 is 22.7 Å². The summed E-state index contributed by atoms with van der Waals surface area (Å²) >= 11 is 1.67. The number of nitrogens with one attached hydrogen (secondary N) is 1. The molecule has 0 unspecified atom stereocenters. The van der Waals surface area contributed by atoms with Crippen LogP contribution >= 0.6 is 11.3 Å². The number of piperidine rings is 1. The van der Waals surface area contributed by atoms with Crippen LogP contribution in [-0.4, -0.2) is 29.9 Å². The number of thiophene rings is 1. The minimum atomic E-state index is -0.119. The lowest BCUT2D eigenvalue weighted by molar-refractivity contribution is 0.247. The van der Waals surface area contributed by atoms with Crippen LogP contribution in [-0.2, 0) is 12.0 Å². The molecule has 4 nitrogen and oxygen atoms in total. The summed E-state index contributed by atoms with van der Waals surface area (Å²) in [5.74, 6) is 0. The highest BCUT2D eigenvalue weighted by molar-refractivity contribution is 7.16. The average Bonchev–Trinajstić information content (AvgIpc) is 2.82. The van der Waals surface area contributed by atoms with Crippen LogP contribution in [0, 0.1) is 11.3 Å². The molecule has 0 atom stereocenters. The van der Waals surface area contributed by atoms with Gasteiger partial charge in [-0.25, -0.2) is 4.99 Å². The maximum Gasteiger partial charge on any atom is 0.136 e. The van der Waals surface area contributed by atoms with Gasteiger partial charge < -0.3 is 10.2 Å². The molecule has 1 N–H and O–H groups in total. The Labute approximate surface area is 143 Å². The summed E-state index contributed by atoms with van der Waals surface area (Å²) in [7, 11) is 0. The first-order chi connectivity index (χ1) is 10.8. The summed E-state index contributed by atoms with van der Waals surface area (Å²) in [6.07, 6.45) is 6.62. The Hall–Kier alpha value is -1.38. The van der Waals surface area contributed by atoms with Gasteiger partial charge in [0.25, 0.3) is 0 Å². The lowest BCUT2D eigenvalue weighted by Gasteiger charge is -2.42. The van der Waals surface area contributed by atoms with Gasteiger partial charge in [-0.15, -0.1) is 11.3 Å². The van der Waals surface area contributed by atoms with E-state index in [1.807, 2.05) is 6.34 Å². The van der Waals surface area contributed by atoms with Gasteiger partial charge in [0.15, 0.2) is 0 Å². The SMILES string of the molecule is CC1(C)Cc2c(sc(N=CN3CCCCC3)c2C#N)C(C)(C)N1. The van der Waals surface area contributed by atoms with Gasteiger partial charge in [-0.3, -0.25) is 0 Å². The van der Waals surface area contributed by atoms with Crippen molar-refractivity contribution in [3.63, 3.8) is 0 Å². The molecular formula is C18H26N4S. The Morgan fingerprint density at radius 1 is 1.22 bits per heavy atom. The molecule has 2 aliphatic rings. The third-order valence-corrected chi connectivity index (χ3v) is 6.13. The van der Waals surface area contributed by atoms with E-state index in [-0.39, 0.29) is 11.1 Å². The summed E-state index contributed by atoms with van der Waals surface area (Å²) in [6, 6.07) is 2.42. The Balaban J connectivity index is 1.96. The summed E-state index contributed by atoms with van der Waals surface area (Å²) in [4.78, 5) is 8.23. The molecule has 0 spiro atoms. The zero-order chi connectivity index (χ0) is 16.7. The van der Waals surface area contributed by atoms with E-state index >= 15 is 0 Å². The first-order valence-corrected chi connectivity index (χ1v) is 9.28. The fourth-order valence-electron chi connectivity index (χ4n) is 3.89. The van der Waals surface area contributed by atoms with E-state index in [1.54, 1.807) is 11.3 Å². The molecule has 23 heavy (non-hydrogen) atoms. The van der Waals surface area contributed by atoms with Crippen molar-refractivity contribution in [2.45, 2.75) is 64.5 Å². The number of aliphatic imine (C=N–C) groups is 1. The molecule has 1 fully saturated rings. The summed E-state index contributed by atoms with van der Waals surface area (Å²) < 4.78 is 0. The van der Waals surface area contributed by atoms with Gasteiger partial charge in [-0.1, -0.05) is 0 Å². The molecule has 2 aliphatic heterocycles. The zero-order valence-corrected chi connectivity index (χ0v) is 15.4. The van der Waals surface area contributed by atoms with E-state index in [4.69, 9.17) is 0 Å². The highest BCUT2D eigenvalue weighted by atomic mass is 32.1. The third-order valence-electron chi connectivity index (χ3n) is 4.67. The van der Waals surface area contributed by atoms with Crippen LogP contribution in [0.4, 0.5) is 5.00 Å². The molecule has 3 heterocycles. The van der Waals surface area contributed by atoms with Gasteiger partial charge in [-0.05, 0) is 58.9 Å². The Morgan fingerprint density at radius 2 is 1.91 bits per heavy atom. The zero-order valence-electron chi connectivity index (χ0n) is 14.6. The molecule has 0 amide bonds. The normalized spacial score (nSPS) is 22.8.